The van der Waals surface area contributed by atoms with Crippen LogP contribution in [0.1, 0.15) is 20.8 Å². The number of nitrogens with zero attached hydrogens (tertiary/aromatic N) is 5. The fraction of sp³-hybridized carbons (Fsp3) is 0.300. The minimum Gasteiger partial charge on any atom is -0.494 e. The summed E-state index contributed by atoms with van der Waals surface area (Å²) in [5.74, 6) is 2.01. The zero-order valence-electron chi connectivity index (χ0n) is 16.8. The third kappa shape index (κ3) is 4.46. The molecule has 0 radical (unpaired) electrons. The number of fused-ring (bicyclic) bond motifs is 1. The van der Waals surface area contributed by atoms with Gasteiger partial charge in [0, 0.05) is 36.6 Å². The lowest BCUT2D eigenvalue weighted by atomic mass is 10.2. The third-order valence-corrected chi connectivity index (χ3v) is 3.98. The molecule has 0 aliphatic carbocycles. The summed E-state index contributed by atoms with van der Waals surface area (Å²) in [6, 6.07) is 9.73. The summed E-state index contributed by atoms with van der Waals surface area (Å²) in [5.41, 5.74) is 2.30. The molecule has 0 bridgehead atoms. The fourth-order valence-electron chi connectivity index (χ4n) is 2.60. The zero-order chi connectivity index (χ0) is 20.1. The highest BCUT2D eigenvalue weighted by Crippen LogP contribution is 2.27. The molecule has 1 aromatic carbocycles. The maximum Gasteiger partial charge on any atom is 0.224 e. The number of rotatable bonds is 4. The average molecular weight is 379 g/mol. The van der Waals surface area contributed by atoms with Crippen LogP contribution in [0, 0.1) is 0 Å². The van der Waals surface area contributed by atoms with Gasteiger partial charge in [-0.3, -0.25) is 0 Å². The van der Waals surface area contributed by atoms with Gasteiger partial charge in [0.2, 0.25) is 5.96 Å². The Hall–Kier alpha value is -3.42. The lowest BCUT2D eigenvalue weighted by Gasteiger charge is -2.13. The van der Waals surface area contributed by atoms with Crippen LogP contribution < -0.4 is 15.4 Å². The molecule has 0 saturated carbocycles. The van der Waals surface area contributed by atoms with E-state index in [0.717, 1.165) is 22.6 Å². The molecule has 0 spiro atoms. The number of ether oxygens (including phenoxy) is 1. The van der Waals surface area contributed by atoms with Gasteiger partial charge in [0.15, 0.2) is 5.65 Å². The maximum absolute atomic E-state index is 5.53. The molecule has 0 amide bonds. The van der Waals surface area contributed by atoms with Crippen LogP contribution in [-0.4, -0.2) is 46.8 Å². The predicted molar refractivity (Wildman–Crippen MR) is 114 cm³/mol. The smallest absolute Gasteiger partial charge is 0.224 e. The first-order valence-electron chi connectivity index (χ1n) is 9.07. The molecule has 0 saturated heterocycles. The van der Waals surface area contributed by atoms with Gasteiger partial charge in [-0.2, -0.15) is 0 Å². The SMILES string of the molecule is CN/C(C)=N/C(=N\C(C)C)Nc1ccc(OC)c(-n2cc3cccnc3n2)c1. The molecule has 0 aliphatic rings. The van der Waals surface area contributed by atoms with E-state index in [1.54, 1.807) is 18.0 Å². The minimum atomic E-state index is 0.108. The van der Waals surface area contributed by atoms with Crippen molar-refractivity contribution < 1.29 is 4.74 Å². The minimum absolute atomic E-state index is 0.108. The van der Waals surface area contributed by atoms with Crippen LogP contribution in [0.4, 0.5) is 5.69 Å². The molecule has 8 nitrogen and oxygen atoms in total. The zero-order valence-corrected chi connectivity index (χ0v) is 16.8. The topological polar surface area (TPSA) is 88.7 Å². The van der Waals surface area contributed by atoms with Crippen molar-refractivity contribution in [3.8, 4) is 11.4 Å². The van der Waals surface area contributed by atoms with Crippen LogP contribution in [0.2, 0.25) is 0 Å². The number of benzene rings is 1. The van der Waals surface area contributed by atoms with Crippen molar-refractivity contribution in [1.29, 1.82) is 0 Å². The van der Waals surface area contributed by atoms with Gasteiger partial charge in [-0.15, -0.1) is 5.10 Å². The number of guanidine groups is 1. The molecule has 8 heteroatoms. The molecule has 2 heterocycles. The van der Waals surface area contributed by atoms with Crippen molar-refractivity contribution in [2.45, 2.75) is 26.8 Å². The summed E-state index contributed by atoms with van der Waals surface area (Å²) in [6.45, 7) is 5.90. The van der Waals surface area contributed by atoms with Gasteiger partial charge < -0.3 is 15.4 Å². The number of amidine groups is 1. The van der Waals surface area contributed by atoms with Gasteiger partial charge in [0.25, 0.3) is 0 Å². The van der Waals surface area contributed by atoms with E-state index in [0.29, 0.717) is 17.4 Å². The van der Waals surface area contributed by atoms with E-state index in [1.165, 1.54) is 0 Å². The van der Waals surface area contributed by atoms with E-state index in [2.05, 4.69) is 30.7 Å². The summed E-state index contributed by atoms with van der Waals surface area (Å²) >= 11 is 0. The summed E-state index contributed by atoms with van der Waals surface area (Å²) in [6.07, 6.45) is 3.65. The van der Waals surface area contributed by atoms with Crippen LogP contribution in [0.15, 0.2) is 52.7 Å². The fourth-order valence-corrected chi connectivity index (χ4v) is 2.60. The highest BCUT2D eigenvalue weighted by molar-refractivity contribution is 6.02. The van der Waals surface area contributed by atoms with Gasteiger partial charge in [0.1, 0.15) is 17.3 Å². The van der Waals surface area contributed by atoms with Crippen LogP contribution in [0.25, 0.3) is 16.7 Å². The first kappa shape index (κ1) is 19.3. The Kier molecular flexibility index (Phi) is 5.88. The molecule has 3 aromatic rings. The van der Waals surface area contributed by atoms with Crippen molar-refractivity contribution in [2.75, 3.05) is 19.5 Å². The molecule has 3 rings (SSSR count). The van der Waals surface area contributed by atoms with E-state index >= 15 is 0 Å². The second kappa shape index (κ2) is 8.51. The summed E-state index contributed by atoms with van der Waals surface area (Å²) in [7, 11) is 3.47. The second-order valence-electron chi connectivity index (χ2n) is 6.50. The number of hydrogen-bond donors (Lipinski definition) is 2. The van der Waals surface area contributed by atoms with E-state index in [4.69, 9.17) is 4.74 Å². The van der Waals surface area contributed by atoms with Gasteiger partial charge in [-0.05, 0) is 51.1 Å². The molecule has 2 aromatic heterocycles. The van der Waals surface area contributed by atoms with Crippen molar-refractivity contribution in [2.24, 2.45) is 9.98 Å². The number of hydrogen-bond acceptors (Lipinski definition) is 4. The Bertz CT molecular complexity index is 987. The number of anilines is 1. The summed E-state index contributed by atoms with van der Waals surface area (Å²) in [4.78, 5) is 13.3. The molecule has 0 fully saturated rings. The summed E-state index contributed by atoms with van der Waals surface area (Å²) in [5, 5.41) is 11.8. The normalized spacial score (nSPS) is 12.5. The van der Waals surface area contributed by atoms with Gasteiger partial charge in [-0.1, -0.05) is 0 Å². The lowest BCUT2D eigenvalue weighted by Crippen LogP contribution is -2.20. The Morgan fingerprint density at radius 1 is 1.25 bits per heavy atom. The van der Waals surface area contributed by atoms with Crippen LogP contribution >= 0.6 is 0 Å². The Balaban J connectivity index is 2.00. The Morgan fingerprint density at radius 3 is 2.75 bits per heavy atom. The molecule has 0 aliphatic heterocycles. The number of aliphatic imine (C=N–C) groups is 2. The number of methoxy groups -OCH3 is 1. The molecule has 0 atom stereocenters. The first-order chi connectivity index (χ1) is 13.5. The van der Waals surface area contributed by atoms with E-state index < -0.39 is 0 Å². The second-order valence-corrected chi connectivity index (χ2v) is 6.50. The van der Waals surface area contributed by atoms with Gasteiger partial charge in [-0.25, -0.2) is 19.7 Å². The van der Waals surface area contributed by atoms with Crippen LogP contribution in [-0.2, 0) is 0 Å². The summed E-state index contributed by atoms with van der Waals surface area (Å²) < 4.78 is 7.29. The number of nitrogens with one attached hydrogen (secondary N) is 2. The van der Waals surface area contributed by atoms with Crippen molar-refractivity contribution in [1.82, 2.24) is 20.1 Å². The lowest BCUT2D eigenvalue weighted by molar-refractivity contribution is 0.412. The van der Waals surface area contributed by atoms with Gasteiger partial charge in [0.05, 0.1) is 7.11 Å². The van der Waals surface area contributed by atoms with Crippen molar-refractivity contribution >= 4 is 28.5 Å². The molecule has 0 unspecified atom stereocenters. The van der Waals surface area contributed by atoms with E-state index in [1.807, 2.05) is 64.3 Å². The van der Waals surface area contributed by atoms with Crippen LogP contribution in [0.5, 0.6) is 5.75 Å². The Morgan fingerprint density at radius 2 is 2.07 bits per heavy atom. The standard InChI is InChI=1S/C20H25N7O/c1-13(2)23-20(24-14(3)21-4)25-16-8-9-18(28-5)17(11-16)27-12-15-7-6-10-22-19(15)26-27/h6-13H,1-5H3,(H2,21,23,24,25). The average Bonchev–Trinajstić information content (AvgIpc) is 3.11. The number of aromatic nitrogens is 3. The molecular formula is C20H25N7O. The third-order valence-electron chi connectivity index (χ3n) is 3.98. The van der Waals surface area contributed by atoms with E-state index in [9.17, 15) is 0 Å². The highest BCUT2D eigenvalue weighted by atomic mass is 16.5. The monoisotopic (exact) mass is 379 g/mol. The van der Waals surface area contributed by atoms with Crippen molar-refractivity contribution in [3.63, 3.8) is 0 Å². The largest absolute Gasteiger partial charge is 0.494 e. The first-order valence-corrected chi connectivity index (χ1v) is 9.07. The predicted octanol–water partition coefficient (Wildman–Crippen LogP) is 3.24. The quantitative estimate of drug-likeness (QED) is 0.537. The molecular weight excluding hydrogens is 354 g/mol. The van der Waals surface area contributed by atoms with Gasteiger partial charge >= 0.3 is 0 Å². The maximum atomic E-state index is 5.53. The van der Waals surface area contributed by atoms with Crippen LogP contribution in [0.3, 0.4) is 0 Å². The number of pyridine rings is 1. The molecule has 2 N–H and O–H groups in total. The molecule has 28 heavy (non-hydrogen) atoms. The van der Waals surface area contributed by atoms with Crippen molar-refractivity contribution in [3.05, 3.63) is 42.7 Å². The highest BCUT2D eigenvalue weighted by Gasteiger charge is 2.11. The molecule has 146 valence electrons. The van der Waals surface area contributed by atoms with E-state index in [-0.39, 0.29) is 6.04 Å². The Labute approximate surface area is 164 Å².